The Morgan fingerprint density at radius 1 is 1.08 bits per heavy atom. The van der Waals surface area contributed by atoms with E-state index in [1.165, 1.54) is 43.2 Å². The van der Waals surface area contributed by atoms with E-state index in [9.17, 15) is 32.3 Å². The van der Waals surface area contributed by atoms with Crippen molar-refractivity contribution in [2.75, 3.05) is 18.6 Å². The Bertz CT molecular complexity index is 1280. The lowest BCUT2D eigenvalue weighted by atomic mass is 9.82. The Kier molecular flexibility index (Phi) is 8.05. The van der Waals surface area contributed by atoms with Crippen molar-refractivity contribution in [1.29, 1.82) is 0 Å². The molecule has 0 fully saturated rings. The molecule has 0 aromatic heterocycles. The van der Waals surface area contributed by atoms with E-state index in [1.807, 2.05) is 0 Å². The Morgan fingerprint density at radius 2 is 1.78 bits per heavy atom. The van der Waals surface area contributed by atoms with Crippen LogP contribution in [0.25, 0.3) is 0 Å². The van der Waals surface area contributed by atoms with Crippen molar-refractivity contribution < 1.29 is 46.6 Å². The number of hydrogen-bond acceptors (Lipinski definition) is 7. The molecule has 0 radical (unpaired) electrons. The summed E-state index contributed by atoms with van der Waals surface area (Å²) in [7, 11) is 1.20. The SMILES string of the molecule is CCOC(=O)C1=C(C)N(c2cccc(C(=O)OC)c2)C(=O)CC1c1cc(C(F)(F)F)ccc1OC(C)=O. The first-order chi connectivity index (χ1) is 17.4. The average Bonchev–Trinajstić information content (AvgIpc) is 2.82. The van der Waals surface area contributed by atoms with Gasteiger partial charge in [-0.25, -0.2) is 9.59 Å². The maximum absolute atomic E-state index is 13.6. The molecule has 1 aliphatic heterocycles. The first-order valence-electron chi connectivity index (χ1n) is 11.2. The summed E-state index contributed by atoms with van der Waals surface area (Å²) in [5.74, 6) is -4.27. The number of nitrogens with zero attached hydrogens (tertiary/aromatic N) is 1. The van der Waals surface area contributed by atoms with Crippen molar-refractivity contribution in [3.8, 4) is 5.75 Å². The van der Waals surface area contributed by atoms with Gasteiger partial charge < -0.3 is 14.2 Å². The Balaban J connectivity index is 2.25. The van der Waals surface area contributed by atoms with Crippen LogP contribution in [0.5, 0.6) is 5.75 Å². The average molecular weight is 519 g/mol. The molecule has 1 heterocycles. The molecule has 0 saturated heterocycles. The molecule has 1 aliphatic rings. The fourth-order valence-electron chi connectivity index (χ4n) is 4.16. The molecule has 0 bridgehead atoms. The highest BCUT2D eigenvalue weighted by atomic mass is 19.4. The van der Waals surface area contributed by atoms with E-state index in [2.05, 4.69) is 0 Å². The number of hydrogen-bond donors (Lipinski definition) is 0. The van der Waals surface area contributed by atoms with E-state index in [-0.39, 0.29) is 40.4 Å². The van der Waals surface area contributed by atoms with Gasteiger partial charge in [0.05, 0.1) is 30.4 Å². The van der Waals surface area contributed by atoms with Gasteiger partial charge in [-0.3, -0.25) is 14.5 Å². The molecular formula is C26H24F3NO7. The van der Waals surface area contributed by atoms with Gasteiger partial charge in [0.25, 0.3) is 0 Å². The van der Waals surface area contributed by atoms with E-state index >= 15 is 0 Å². The Hall–Kier alpha value is -4.15. The normalized spacial score (nSPS) is 15.9. The van der Waals surface area contributed by atoms with Crippen LogP contribution in [0, 0.1) is 0 Å². The Labute approximate surface area is 210 Å². The van der Waals surface area contributed by atoms with Crippen molar-refractivity contribution in [2.45, 2.75) is 39.3 Å². The van der Waals surface area contributed by atoms with Crippen molar-refractivity contribution in [3.63, 3.8) is 0 Å². The van der Waals surface area contributed by atoms with Crippen LogP contribution < -0.4 is 9.64 Å². The summed E-state index contributed by atoms with van der Waals surface area (Å²) in [6, 6.07) is 8.41. The molecular weight excluding hydrogens is 495 g/mol. The van der Waals surface area contributed by atoms with Crippen LogP contribution in [-0.2, 0) is 30.0 Å². The van der Waals surface area contributed by atoms with E-state index in [0.29, 0.717) is 0 Å². The molecule has 2 aromatic rings. The third-order valence-electron chi connectivity index (χ3n) is 5.69. The number of rotatable bonds is 6. The first kappa shape index (κ1) is 27.4. The van der Waals surface area contributed by atoms with E-state index in [4.69, 9.17) is 14.2 Å². The lowest BCUT2D eigenvalue weighted by Crippen LogP contribution is -2.38. The number of halogens is 3. The molecule has 1 unspecified atom stereocenters. The van der Waals surface area contributed by atoms with Gasteiger partial charge in [-0.2, -0.15) is 13.2 Å². The third-order valence-corrected chi connectivity index (χ3v) is 5.69. The third kappa shape index (κ3) is 5.82. The predicted octanol–water partition coefficient (Wildman–Crippen LogP) is 4.77. The smallest absolute Gasteiger partial charge is 0.416 e. The lowest BCUT2D eigenvalue weighted by molar-refractivity contribution is -0.139. The number of carbonyl (C=O) groups is 4. The highest BCUT2D eigenvalue weighted by molar-refractivity contribution is 6.05. The number of anilines is 1. The number of allylic oxidation sites excluding steroid dienone is 1. The molecule has 11 heteroatoms. The van der Waals surface area contributed by atoms with Crippen LogP contribution in [0.3, 0.4) is 0 Å². The second-order valence-electron chi connectivity index (χ2n) is 8.09. The molecule has 8 nitrogen and oxygen atoms in total. The molecule has 0 N–H and O–H groups in total. The van der Waals surface area contributed by atoms with Crippen LogP contribution >= 0.6 is 0 Å². The molecule has 1 amide bonds. The van der Waals surface area contributed by atoms with Gasteiger partial charge in [-0.1, -0.05) is 6.07 Å². The van der Waals surface area contributed by atoms with Gasteiger partial charge in [0.1, 0.15) is 5.75 Å². The van der Waals surface area contributed by atoms with Crippen LogP contribution in [-0.4, -0.2) is 37.5 Å². The van der Waals surface area contributed by atoms with Crippen LogP contribution in [0.15, 0.2) is 53.7 Å². The molecule has 37 heavy (non-hydrogen) atoms. The number of carbonyl (C=O) groups excluding carboxylic acids is 4. The number of benzene rings is 2. The molecule has 0 aliphatic carbocycles. The zero-order chi connectivity index (χ0) is 27.5. The summed E-state index contributed by atoms with van der Waals surface area (Å²) in [5, 5.41) is 0. The minimum absolute atomic E-state index is 0.0342. The molecule has 0 spiro atoms. The second kappa shape index (κ2) is 10.9. The molecule has 1 atom stereocenters. The fourth-order valence-corrected chi connectivity index (χ4v) is 4.16. The number of amides is 1. The predicted molar refractivity (Wildman–Crippen MR) is 125 cm³/mol. The quantitative estimate of drug-likeness (QED) is 0.400. The minimum atomic E-state index is -4.73. The first-order valence-corrected chi connectivity index (χ1v) is 11.2. The van der Waals surface area contributed by atoms with E-state index in [0.717, 1.165) is 25.1 Å². The maximum Gasteiger partial charge on any atom is 0.416 e. The summed E-state index contributed by atoms with van der Waals surface area (Å²) in [6.45, 7) is 4.05. The van der Waals surface area contributed by atoms with Crippen LogP contribution in [0.4, 0.5) is 18.9 Å². The van der Waals surface area contributed by atoms with Gasteiger partial charge in [-0.05, 0) is 50.2 Å². The van der Waals surface area contributed by atoms with Gasteiger partial charge in [0.15, 0.2) is 0 Å². The van der Waals surface area contributed by atoms with Gasteiger partial charge in [0.2, 0.25) is 5.91 Å². The zero-order valence-electron chi connectivity index (χ0n) is 20.5. The lowest BCUT2D eigenvalue weighted by Gasteiger charge is -2.35. The van der Waals surface area contributed by atoms with E-state index < -0.39 is 47.9 Å². The van der Waals surface area contributed by atoms with Crippen LogP contribution in [0.1, 0.15) is 54.6 Å². The highest BCUT2D eigenvalue weighted by Gasteiger charge is 2.40. The number of methoxy groups -OCH3 is 1. The molecule has 196 valence electrons. The number of ether oxygens (including phenoxy) is 3. The van der Waals surface area contributed by atoms with E-state index in [1.54, 1.807) is 6.92 Å². The molecule has 0 saturated carbocycles. The minimum Gasteiger partial charge on any atom is -0.465 e. The molecule has 3 rings (SSSR count). The fraction of sp³-hybridized carbons (Fsp3) is 0.308. The van der Waals surface area contributed by atoms with Crippen molar-refractivity contribution in [3.05, 3.63) is 70.4 Å². The zero-order valence-corrected chi connectivity index (χ0v) is 20.5. The number of esters is 3. The summed E-state index contributed by atoms with van der Waals surface area (Å²) >= 11 is 0. The number of alkyl halides is 3. The van der Waals surface area contributed by atoms with Crippen molar-refractivity contribution in [1.82, 2.24) is 0 Å². The summed E-state index contributed by atoms with van der Waals surface area (Å²) in [6.07, 6.45) is -5.17. The summed E-state index contributed by atoms with van der Waals surface area (Å²) in [4.78, 5) is 51.3. The van der Waals surface area contributed by atoms with Crippen LogP contribution in [0.2, 0.25) is 0 Å². The van der Waals surface area contributed by atoms with Crippen molar-refractivity contribution in [2.24, 2.45) is 0 Å². The highest BCUT2D eigenvalue weighted by Crippen LogP contribution is 2.44. The van der Waals surface area contributed by atoms with Crippen molar-refractivity contribution >= 4 is 29.5 Å². The second-order valence-corrected chi connectivity index (χ2v) is 8.09. The standard InChI is InChI=1S/C26H24F3NO7/c1-5-36-25(34)23-14(2)30(18-8-6-7-16(11-18)24(33)35-4)22(32)13-20(23)19-12-17(26(27,28)29)9-10-21(19)37-15(3)31/h6-12,20H,5,13H2,1-4H3. The van der Waals surface area contributed by atoms with Gasteiger partial charge >= 0.3 is 24.1 Å². The molecule has 2 aromatic carbocycles. The Morgan fingerprint density at radius 3 is 2.38 bits per heavy atom. The summed E-state index contributed by atoms with van der Waals surface area (Å²) < 4.78 is 55.7. The van der Waals surface area contributed by atoms with Gasteiger partial charge in [0, 0.05) is 36.2 Å². The largest absolute Gasteiger partial charge is 0.465 e. The maximum atomic E-state index is 13.6. The monoisotopic (exact) mass is 519 g/mol. The summed E-state index contributed by atoms with van der Waals surface area (Å²) in [5.41, 5.74) is -0.806. The van der Waals surface area contributed by atoms with Gasteiger partial charge in [-0.15, -0.1) is 0 Å². The topological polar surface area (TPSA) is 99.2 Å².